The SMILES string of the molecule is Cc1nc(N2CCOCC2)cc(-n2ncc3cc(C)c(C4CCN(C5COC5)CC4F)cc32)n1. The van der Waals surface area contributed by atoms with Gasteiger partial charge in [0.25, 0.3) is 0 Å². The average molecular weight is 467 g/mol. The van der Waals surface area contributed by atoms with Crippen molar-refractivity contribution < 1.29 is 13.9 Å². The molecular formula is C25H31FN6O2. The number of fused-ring (bicyclic) bond motifs is 1. The molecule has 2 aromatic heterocycles. The van der Waals surface area contributed by atoms with E-state index in [4.69, 9.17) is 9.47 Å². The molecule has 3 aliphatic heterocycles. The first-order valence-corrected chi connectivity index (χ1v) is 12.2. The van der Waals surface area contributed by atoms with Crippen molar-refractivity contribution in [3.63, 3.8) is 0 Å². The van der Waals surface area contributed by atoms with Gasteiger partial charge in [0, 0.05) is 37.0 Å². The van der Waals surface area contributed by atoms with Crippen LogP contribution in [0.4, 0.5) is 10.2 Å². The molecule has 3 aromatic rings. The summed E-state index contributed by atoms with van der Waals surface area (Å²) in [6.45, 7) is 9.84. The molecular weight excluding hydrogens is 435 g/mol. The summed E-state index contributed by atoms with van der Waals surface area (Å²) in [5.41, 5.74) is 3.15. The van der Waals surface area contributed by atoms with Crippen molar-refractivity contribution in [3.05, 3.63) is 41.3 Å². The topological polar surface area (TPSA) is 68.5 Å². The first-order valence-electron chi connectivity index (χ1n) is 12.2. The number of nitrogens with zero attached hydrogens (tertiary/aromatic N) is 6. The third-order valence-electron chi connectivity index (χ3n) is 7.43. The van der Waals surface area contributed by atoms with Gasteiger partial charge in [-0.3, -0.25) is 4.90 Å². The molecule has 0 bridgehead atoms. The number of alkyl halides is 1. The van der Waals surface area contributed by atoms with Crippen molar-refractivity contribution in [2.45, 2.75) is 38.4 Å². The van der Waals surface area contributed by atoms with Crippen LogP contribution in [0.1, 0.15) is 29.3 Å². The molecule has 3 saturated heterocycles. The number of aryl methyl sites for hydroxylation is 2. The van der Waals surface area contributed by atoms with Gasteiger partial charge in [-0.05, 0) is 50.1 Å². The van der Waals surface area contributed by atoms with E-state index in [0.717, 1.165) is 72.9 Å². The third kappa shape index (κ3) is 3.95. The van der Waals surface area contributed by atoms with E-state index in [1.807, 2.05) is 23.9 Å². The fourth-order valence-corrected chi connectivity index (χ4v) is 5.43. The zero-order valence-electron chi connectivity index (χ0n) is 19.8. The highest BCUT2D eigenvalue weighted by Gasteiger charge is 2.36. The Labute approximate surface area is 198 Å². The maximum Gasteiger partial charge on any atom is 0.159 e. The minimum Gasteiger partial charge on any atom is -0.378 e. The van der Waals surface area contributed by atoms with Crippen LogP contribution in [0.25, 0.3) is 16.7 Å². The molecule has 3 aliphatic rings. The summed E-state index contributed by atoms with van der Waals surface area (Å²) in [6, 6.07) is 6.62. The summed E-state index contributed by atoms with van der Waals surface area (Å²) >= 11 is 0. The fraction of sp³-hybridized carbons (Fsp3) is 0.560. The first kappa shape index (κ1) is 21.9. The number of piperidine rings is 1. The highest BCUT2D eigenvalue weighted by atomic mass is 19.1. The number of aromatic nitrogens is 4. The van der Waals surface area contributed by atoms with Crippen molar-refractivity contribution in [1.82, 2.24) is 24.6 Å². The van der Waals surface area contributed by atoms with Crippen LogP contribution in [0.5, 0.6) is 0 Å². The van der Waals surface area contributed by atoms with Crippen LogP contribution in [0.15, 0.2) is 24.4 Å². The molecule has 34 heavy (non-hydrogen) atoms. The molecule has 180 valence electrons. The summed E-state index contributed by atoms with van der Waals surface area (Å²) in [7, 11) is 0. The lowest BCUT2D eigenvalue weighted by molar-refractivity contribution is -0.0807. The Morgan fingerprint density at radius 3 is 2.50 bits per heavy atom. The number of hydrogen-bond donors (Lipinski definition) is 0. The van der Waals surface area contributed by atoms with E-state index in [9.17, 15) is 0 Å². The standard InChI is InChI=1S/C25H31FN6O2/c1-16-9-18-12-27-32(25-11-24(28-17(2)29-25)30-5-7-33-8-6-30)23(18)10-21(16)20-3-4-31(13-22(20)26)19-14-34-15-19/h9-12,19-20,22H,3-8,13-15H2,1-2H3. The van der Waals surface area contributed by atoms with E-state index in [-0.39, 0.29) is 5.92 Å². The van der Waals surface area contributed by atoms with Gasteiger partial charge in [0.1, 0.15) is 17.8 Å². The van der Waals surface area contributed by atoms with Crippen LogP contribution in [0.3, 0.4) is 0 Å². The van der Waals surface area contributed by atoms with E-state index in [2.05, 4.69) is 43.9 Å². The zero-order chi connectivity index (χ0) is 23.2. The van der Waals surface area contributed by atoms with E-state index in [1.165, 1.54) is 0 Å². The predicted molar refractivity (Wildman–Crippen MR) is 128 cm³/mol. The predicted octanol–water partition coefficient (Wildman–Crippen LogP) is 2.80. The van der Waals surface area contributed by atoms with Gasteiger partial charge in [-0.25, -0.2) is 19.0 Å². The Morgan fingerprint density at radius 1 is 0.971 bits per heavy atom. The molecule has 3 fully saturated rings. The Bertz CT molecular complexity index is 1190. The maximum atomic E-state index is 15.4. The molecule has 0 radical (unpaired) electrons. The Kier molecular flexibility index (Phi) is 5.71. The number of halogens is 1. The number of benzene rings is 1. The van der Waals surface area contributed by atoms with E-state index >= 15 is 4.39 Å². The number of morpholine rings is 1. The Morgan fingerprint density at radius 2 is 1.76 bits per heavy atom. The number of rotatable bonds is 4. The van der Waals surface area contributed by atoms with Crippen LogP contribution in [-0.2, 0) is 9.47 Å². The van der Waals surface area contributed by atoms with Gasteiger partial charge in [-0.1, -0.05) is 0 Å². The molecule has 5 heterocycles. The maximum absolute atomic E-state index is 15.4. The first-order chi connectivity index (χ1) is 16.6. The highest BCUT2D eigenvalue weighted by Crippen LogP contribution is 2.36. The molecule has 0 saturated carbocycles. The van der Waals surface area contributed by atoms with Gasteiger partial charge >= 0.3 is 0 Å². The zero-order valence-corrected chi connectivity index (χ0v) is 19.8. The molecule has 8 nitrogen and oxygen atoms in total. The quantitative estimate of drug-likeness (QED) is 0.586. The lowest BCUT2D eigenvalue weighted by Gasteiger charge is -2.43. The summed E-state index contributed by atoms with van der Waals surface area (Å²) in [5, 5.41) is 5.69. The molecule has 0 spiro atoms. The van der Waals surface area contributed by atoms with Gasteiger partial charge in [0.15, 0.2) is 5.82 Å². The lowest BCUT2D eigenvalue weighted by atomic mass is 9.84. The Balaban J connectivity index is 1.33. The minimum atomic E-state index is -0.893. The van der Waals surface area contributed by atoms with Crippen LogP contribution < -0.4 is 4.90 Å². The number of hydrogen-bond acceptors (Lipinski definition) is 7. The lowest BCUT2D eigenvalue weighted by Crippen LogP contribution is -2.54. The fourth-order valence-electron chi connectivity index (χ4n) is 5.43. The van der Waals surface area contributed by atoms with Crippen molar-refractivity contribution in [2.75, 3.05) is 57.5 Å². The normalized spacial score (nSPS) is 24.5. The second-order valence-electron chi connectivity index (χ2n) is 9.65. The van der Waals surface area contributed by atoms with Crippen molar-refractivity contribution in [2.24, 2.45) is 0 Å². The third-order valence-corrected chi connectivity index (χ3v) is 7.43. The van der Waals surface area contributed by atoms with E-state index < -0.39 is 6.17 Å². The van der Waals surface area contributed by atoms with Crippen LogP contribution in [0, 0.1) is 13.8 Å². The van der Waals surface area contributed by atoms with Crippen LogP contribution in [-0.4, -0.2) is 89.5 Å². The molecule has 1 aromatic carbocycles. The number of ether oxygens (including phenoxy) is 2. The monoisotopic (exact) mass is 466 g/mol. The number of anilines is 1. The van der Waals surface area contributed by atoms with Crippen molar-refractivity contribution in [3.8, 4) is 5.82 Å². The van der Waals surface area contributed by atoms with Gasteiger partial charge in [0.05, 0.1) is 44.2 Å². The van der Waals surface area contributed by atoms with E-state index in [1.54, 1.807) is 0 Å². The summed E-state index contributed by atoms with van der Waals surface area (Å²) in [4.78, 5) is 13.8. The summed E-state index contributed by atoms with van der Waals surface area (Å²) in [5.74, 6) is 2.21. The van der Waals surface area contributed by atoms with Crippen molar-refractivity contribution >= 4 is 16.7 Å². The molecule has 9 heteroatoms. The van der Waals surface area contributed by atoms with Gasteiger partial charge in [-0.2, -0.15) is 5.10 Å². The van der Waals surface area contributed by atoms with E-state index in [0.29, 0.717) is 31.6 Å². The molecule has 2 atom stereocenters. The smallest absolute Gasteiger partial charge is 0.159 e. The van der Waals surface area contributed by atoms with Gasteiger partial charge in [0.2, 0.25) is 0 Å². The van der Waals surface area contributed by atoms with Crippen LogP contribution in [0.2, 0.25) is 0 Å². The summed E-state index contributed by atoms with van der Waals surface area (Å²) in [6.07, 6.45) is 1.78. The molecule has 2 unspecified atom stereocenters. The minimum absolute atomic E-state index is 0.110. The second kappa shape index (κ2) is 8.87. The van der Waals surface area contributed by atoms with Gasteiger partial charge in [-0.15, -0.1) is 0 Å². The second-order valence-corrected chi connectivity index (χ2v) is 9.65. The average Bonchev–Trinajstić information content (AvgIpc) is 3.20. The molecule has 0 aliphatic carbocycles. The number of likely N-dealkylation sites (tertiary alicyclic amines) is 1. The molecule has 0 amide bonds. The van der Waals surface area contributed by atoms with Crippen molar-refractivity contribution in [1.29, 1.82) is 0 Å². The Hall–Kier alpha value is -2.62. The van der Waals surface area contributed by atoms with Crippen LogP contribution >= 0.6 is 0 Å². The highest BCUT2D eigenvalue weighted by molar-refractivity contribution is 5.82. The molecule has 6 rings (SSSR count). The molecule has 0 N–H and O–H groups in total. The van der Waals surface area contributed by atoms with Gasteiger partial charge < -0.3 is 14.4 Å². The summed E-state index contributed by atoms with van der Waals surface area (Å²) < 4.78 is 28.1. The largest absolute Gasteiger partial charge is 0.378 e.